The van der Waals surface area contributed by atoms with Gasteiger partial charge in [0.1, 0.15) is 5.58 Å². The van der Waals surface area contributed by atoms with Crippen molar-refractivity contribution in [2.75, 3.05) is 0 Å². The molecule has 0 spiro atoms. The number of furan rings is 1. The summed E-state index contributed by atoms with van der Waals surface area (Å²) >= 11 is 0. The van der Waals surface area contributed by atoms with Gasteiger partial charge in [-0.3, -0.25) is 4.98 Å². The van der Waals surface area contributed by atoms with Gasteiger partial charge in [0.25, 0.3) is 0 Å². The molecule has 0 bridgehead atoms. The smallest absolute Gasteiger partial charge is 0.121 e. The number of hydrogen-bond acceptors (Lipinski definition) is 3. The second-order valence-electron chi connectivity index (χ2n) is 16.6. The molecule has 0 aliphatic carbocycles. The molecule has 1 radical (unpaired) electrons. The Morgan fingerprint density at radius 1 is 0.662 bits per heavy atom. The van der Waals surface area contributed by atoms with E-state index in [-0.39, 0.29) is 30.9 Å². The van der Waals surface area contributed by atoms with E-state index in [0.717, 1.165) is 71.6 Å². The number of rotatable bonds is 8. The number of aromatic nitrogens is 3. The van der Waals surface area contributed by atoms with Gasteiger partial charge in [0.2, 0.25) is 0 Å². The molecule has 0 N–H and O–H groups in total. The molecular weight excluding hydrogens is 1020 g/mol. The third-order valence-corrected chi connectivity index (χ3v) is 13.7. The molecular formula is C62H49IrN3OSi-2. The fourth-order valence-corrected chi connectivity index (χ4v) is 10.0. The first-order valence-corrected chi connectivity index (χ1v) is 24.6. The molecule has 68 heavy (non-hydrogen) atoms. The standard InChI is InChI=1S/C46H29N2O.C16H20NSi.Ir/c1-3-12-30(13-4-1)28-31-22-25-38-39-20-11-21-40(45(39)49-42(38)29-31)46-47-43-35-18-9-7-16-33(35)24-27-41(43)48(46)44-36-19-10-8-17-34(36)23-26-37(44)32-14-5-2-6-15-32;1-5-13-11-15(14-9-7-6-8-10-14)17-12-16(13)18(2,3)4;/h1-20,22-27,29H,28H2;6-9,11-12H,5H2,1-4H3;/q2*-1;/i28D2;2D3,3D3,5D2;. The van der Waals surface area contributed by atoms with Crippen LogP contribution in [-0.2, 0) is 32.9 Å². The summed E-state index contributed by atoms with van der Waals surface area (Å²) in [7, 11) is -4.12. The molecule has 0 aliphatic rings. The van der Waals surface area contributed by atoms with E-state index in [2.05, 4.69) is 119 Å². The Labute approximate surface area is 426 Å². The van der Waals surface area contributed by atoms with Crippen LogP contribution in [0.25, 0.3) is 94.0 Å². The zero-order valence-corrected chi connectivity index (χ0v) is 40.5. The summed E-state index contributed by atoms with van der Waals surface area (Å²) in [5, 5.41) is 6.27. The summed E-state index contributed by atoms with van der Waals surface area (Å²) in [5.41, 5.74) is 9.36. The molecule has 6 heteroatoms. The van der Waals surface area contributed by atoms with Gasteiger partial charge in [0.05, 0.1) is 36.2 Å². The minimum absolute atomic E-state index is 0. The van der Waals surface area contributed by atoms with Crippen LogP contribution in [-0.4, -0.2) is 22.6 Å². The van der Waals surface area contributed by atoms with Gasteiger partial charge < -0.3 is 14.0 Å². The minimum Gasteiger partial charge on any atom is -0.501 e. The Kier molecular flexibility index (Phi) is 9.44. The third kappa shape index (κ3) is 8.41. The van der Waals surface area contributed by atoms with Gasteiger partial charge in [-0.1, -0.05) is 189 Å². The number of aryl methyl sites for hydroxylation is 1. The van der Waals surface area contributed by atoms with Gasteiger partial charge in [-0.2, -0.15) is 0 Å². The van der Waals surface area contributed by atoms with E-state index in [0.29, 0.717) is 33.6 Å². The van der Waals surface area contributed by atoms with Crippen molar-refractivity contribution in [3.8, 4) is 39.5 Å². The molecule has 0 fully saturated rings. The van der Waals surface area contributed by atoms with Crippen molar-refractivity contribution in [1.29, 1.82) is 0 Å². The number of fused-ring (bicyclic) bond motifs is 7. The van der Waals surface area contributed by atoms with Gasteiger partial charge in [0, 0.05) is 61.7 Å². The number of pyridine rings is 1. The van der Waals surface area contributed by atoms with Gasteiger partial charge in [0.15, 0.2) is 0 Å². The van der Waals surface area contributed by atoms with Crippen molar-refractivity contribution >= 4 is 67.8 Å². The topological polar surface area (TPSA) is 43.9 Å². The molecule has 0 atom stereocenters. The first-order chi connectivity index (χ1) is 36.8. The van der Waals surface area contributed by atoms with Crippen LogP contribution < -0.4 is 5.19 Å². The number of hydrogen-bond donors (Lipinski definition) is 0. The van der Waals surface area contributed by atoms with Crippen molar-refractivity contribution in [2.45, 2.75) is 39.2 Å². The van der Waals surface area contributed by atoms with E-state index in [1.165, 1.54) is 25.7 Å². The summed E-state index contributed by atoms with van der Waals surface area (Å²) in [6.07, 6.45) is -2.38. The Balaban J connectivity index is 0.000000217. The molecule has 3 aromatic heterocycles. The SMILES string of the molecule is [2H]C([2H])(C)c1cc(-c2[c-]cccc2)ncc1[Si](C)(C([2H])([2H])[2H])C([2H])([2H])[2H].[2H]C([2H])(c1ccccc1)c1ccc2c(c1)oc1c(-c3nc4c5ccccc5ccc4n3-c3c(-c4ccccc4)ccc4ccccc34)[c-]ccc12.[Ir]. The predicted molar refractivity (Wildman–Crippen MR) is 283 cm³/mol. The second kappa shape index (κ2) is 18.8. The molecule has 9 aromatic carbocycles. The van der Waals surface area contributed by atoms with Crippen LogP contribution in [0.2, 0.25) is 19.5 Å². The van der Waals surface area contributed by atoms with E-state index >= 15 is 0 Å². The average Bonchev–Trinajstić information content (AvgIpc) is 3.98. The average molecular weight is 1080 g/mol. The Hall–Kier alpha value is -7.21. The van der Waals surface area contributed by atoms with Crippen LogP contribution >= 0.6 is 0 Å². The van der Waals surface area contributed by atoms with Crippen molar-refractivity contribution < 1.29 is 38.2 Å². The summed E-state index contributed by atoms with van der Waals surface area (Å²) in [5.74, 6) is 0.722. The number of imidazole rings is 1. The second-order valence-corrected chi connectivity index (χ2v) is 19.4. The molecule has 0 amide bonds. The maximum atomic E-state index is 9.01. The van der Waals surface area contributed by atoms with E-state index in [1.807, 2.05) is 66.7 Å². The molecule has 12 rings (SSSR count). The largest absolute Gasteiger partial charge is 0.501 e. The van der Waals surface area contributed by atoms with Crippen LogP contribution in [0.4, 0.5) is 0 Å². The molecule has 0 unspecified atom stereocenters. The fourth-order valence-electron chi connectivity index (χ4n) is 8.99. The van der Waals surface area contributed by atoms with Crippen LogP contribution in [0.1, 0.15) is 37.3 Å². The van der Waals surface area contributed by atoms with Crippen LogP contribution in [0, 0.1) is 12.1 Å². The number of nitrogens with zero attached hydrogens (tertiary/aromatic N) is 3. The molecule has 333 valence electrons. The quantitative estimate of drug-likeness (QED) is 0.112. The monoisotopic (exact) mass is 1080 g/mol. The maximum absolute atomic E-state index is 9.01. The van der Waals surface area contributed by atoms with E-state index in [1.54, 1.807) is 24.3 Å². The van der Waals surface area contributed by atoms with Crippen molar-refractivity contribution in [2.24, 2.45) is 0 Å². The first-order valence-electron chi connectivity index (χ1n) is 27.1. The van der Waals surface area contributed by atoms with E-state index < -0.39 is 33.8 Å². The van der Waals surface area contributed by atoms with Gasteiger partial charge in [-0.15, -0.1) is 54.1 Å². The Morgan fingerprint density at radius 2 is 1.38 bits per heavy atom. The summed E-state index contributed by atoms with van der Waals surface area (Å²) in [4.78, 5) is 9.71. The van der Waals surface area contributed by atoms with Crippen LogP contribution in [0.5, 0.6) is 0 Å². The van der Waals surface area contributed by atoms with E-state index in [4.69, 9.17) is 23.1 Å². The van der Waals surface area contributed by atoms with Crippen LogP contribution in [0.3, 0.4) is 0 Å². The Morgan fingerprint density at radius 3 is 2.15 bits per heavy atom. The zero-order chi connectivity index (χ0) is 54.1. The van der Waals surface area contributed by atoms with Crippen molar-refractivity contribution in [3.63, 3.8) is 0 Å². The zero-order valence-electron chi connectivity index (χ0n) is 47.1. The Bertz CT molecular complexity index is 4160. The number of benzene rings is 9. The maximum Gasteiger partial charge on any atom is 0.121 e. The summed E-state index contributed by atoms with van der Waals surface area (Å²) in [6, 6.07) is 70.0. The summed E-state index contributed by atoms with van der Waals surface area (Å²) < 4.78 is 90.6. The van der Waals surface area contributed by atoms with Gasteiger partial charge in [-0.25, -0.2) is 0 Å². The summed E-state index contributed by atoms with van der Waals surface area (Å²) in [6.45, 7) is -2.92. The van der Waals surface area contributed by atoms with Crippen molar-refractivity contribution in [3.05, 3.63) is 229 Å². The molecule has 0 saturated carbocycles. The fraction of sp³-hybridized carbons (Fsp3) is 0.0968. The van der Waals surface area contributed by atoms with Crippen molar-refractivity contribution in [1.82, 2.24) is 14.5 Å². The normalized spacial score (nSPS) is 14.5. The first kappa shape index (κ1) is 34.1. The minimum atomic E-state index is -4.12. The molecule has 0 aliphatic heterocycles. The van der Waals surface area contributed by atoms with Gasteiger partial charge in [-0.05, 0) is 63.2 Å². The third-order valence-electron chi connectivity index (χ3n) is 12.2. The molecule has 12 aromatic rings. The van der Waals surface area contributed by atoms with E-state index in [9.17, 15) is 0 Å². The van der Waals surface area contributed by atoms with Crippen LogP contribution in [0.15, 0.2) is 205 Å². The van der Waals surface area contributed by atoms with Gasteiger partial charge >= 0.3 is 0 Å². The molecule has 3 heterocycles. The molecule has 4 nitrogen and oxygen atoms in total. The molecule has 0 saturated heterocycles. The predicted octanol–water partition coefficient (Wildman–Crippen LogP) is 15.6.